The predicted molar refractivity (Wildman–Crippen MR) is 168 cm³/mol. The molecule has 0 saturated carbocycles. The lowest BCUT2D eigenvalue weighted by Gasteiger charge is -2.26. The van der Waals surface area contributed by atoms with Gasteiger partial charge in [-0.15, -0.1) is 0 Å². The molecule has 0 aliphatic carbocycles. The fourth-order valence-corrected chi connectivity index (χ4v) is 6.70. The van der Waals surface area contributed by atoms with Crippen molar-refractivity contribution in [1.29, 1.82) is 0 Å². The van der Waals surface area contributed by atoms with E-state index in [1.165, 1.54) is 73.5 Å². The molecule has 47 heavy (non-hydrogen) atoms. The Labute approximate surface area is 276 Å². The van der Waals surface area contributed by atoms with Crippen LogP contribution in [0.2, 0.25) is 0 Å². The van der Waals surface area contributed by atoms with Gasteiger partial charge in [0.2, 0.25) is 6.29 Å². The maximum absolute atomic E-state index is 15.4. The molecule has 1 aromatic heterocycles. The van der Waals surface area contributed by atoms with Gasteiger partial charge in [-0.2, -0.15) is 8.78 Å². The highest BCUT2D eigenvalue weighted by Crippen LogP contribution is 2.64. The minimum absolute atomic E-state index is 0.0425. The number of aromatic nitrogens is 1. The zero-order chi connectivity index (χ0) is 34.7. The van der Waals surface area contributed by atoms with E-state index in [0.717, 1.165) is 19.2 Å². The molecule has 4 aromatic rings. The summed E-state index contributed by atoms with van der Waals surface area (Å²) >= 11 is 3.05. The van der Waals surface area contributed by atoms with Crippen LogP contribution < -0.4 is 4.90 Å². The summed E-state index contributed by atoms with van der Waals surface area (Å²) in [4.78, 5) is 27.8. The van der Waals surface area contributed by atoms with Gasteiger partial charge in [0.25, 0.3) is 0 Å². The molecule has 2 atom stereocenters. The molecule has 0 saturated heterocycles. The molecule has 0 amide bonds. The second kappa shape index (κ2) is 14.2. The second-order valence-corrected chi connectivity index (χ2v) is 15.1. The van der Waals surface area contributed by atoms with Crippen LogP contribution in [0, 0.1) is 5.82 Å². The molecule has 0 fully saturated rings. The monoisotopic (exact) mass is 760 g/mol. The SMILES string of the molecule is CC(C)OC(=O)OC(C)OP(=O)(O)C(F)(F)c1ccc(CN(c2ccc(F)cc2)c2ncc(-c3ccc(S(C)(=O)=O)cc3)o2)cc1Br. The summed E-state index contributed by atoms with van der Waals surface area (Å²) in [5, 5.41) is 0. The van der Waals surface area contributed by atoms with Crippen molar-refractivity contribution in [1.82, 2.24) is 4.98 Å². The molecular weight excluding hydrogens is 732 g/mol. The largest absolute Gasteiger partial charge is 0.510 e. The predicted octanol–water partition coefficient (Wildman–Crippen LogP) is 8.14. The molecule has 1 heterocycles. The number of sulfone groups is 1. The van der Waals surface area contributed by atoms with Crippen molar-refractivity contribution >= 4 is 51.2 Å². The Kier molecular flexibility index (Phi) is 10.9. The lowest BCUT2D eigenvalue weighted by atomic mass is 10.1. The lowest BCUT2D eigenvalue weighted by Crippen LogP contribution is -2.24. The molecule has 3 aromatic carbocycles. The van der Waals surface area contributed by atoms with Crippen molar-refractivity contribution in [3.05, 3.63) is 94.3 Å². The van der Waals surface area contributed by atoms with Gasteiger partial charge in [0.05, 0.1) is 23.7 Å². The Morgan fingerprint density at radius 1 is 1.06 bits per heavy atom. The summed E-state index contributed by atoms with van der Waals surface area (Å²) in [5.41, 5.74) is -3.97. The second-order valence-electron chi connectivity index (χ2n) is 10.4. The molecule has 252 valence electrons. The van der Waals surface area contributed by atoms with Gasteiger partial charge in [-0.3, -0.25) is 14.0 Å². The zero-order valence-electron chi connectivity index (χ0n) is 25.3. The normalized spacial score (nSPS) is 14.0. The fourth-order valence-electron chi connectivity index (χ4n) is 4.16. The molecule has 0 bridgehead atoms. The first-order valence-corrected chi connectivity index (χ1v) is 18.0. The average molecular weight is 762 g/mol. The number of anilines is 2. The number of carbonyl (C=O) groups excluding carboxylic acids is 1. The van der Waals surface area contributed by atoms with E-state index in [9.17, 15) is 27.1 Å². The summed E-state index contributed by atoms with van der Waals surface area (Å²) in [5.74, 6) is -0.216. The van der Waals surface area contributed by atoms with Gasteiger partial charge in [-0.05, 0) is 80.9 Å². The third-order valence-corrected chi connectivity index (χ3v) is 9.69. The quantitative estimate of drug-likeness (QED) is 0.0848. The van der Waals surface area contributed by atoms with Crippen LogP contribution in [0.3, 0.4) is 0 Å². The van der Waals surface area contributed by atoms with E-state index in [-0.39, 0.29) is 27.7 Å². The first kappa shape index (κ1) is 36.2. The topological polar surface area (TPSA) is 145 Å². The maximum atomic E-state index is 15.4. The molecule has 17 heteroatoms. The number of oxazole rings is 1. The molecule has 0 aliphatic rings. The van der Waals surface area contributed by atoms with Crippen molar-refractivity contribution in [2.75, 3.05) is 11.2 Å². The number of hydrogen-bond donors (Lipinski definition) is 1. The Hall–Kier alpha value is -3.69. The molecule has 1 N–H and O–H groups in total. The van der Waals surface area contributed by atoms with Crippen LogP contribution in [0.25, 0.3) is 11.3 Å². The van der Waals surface area contributed by atoms with Crippen LogP contribution in [0.4, 0.5) is 29.7 Å². The average Bonchev–Trinajstić information content (AvgIpc) is 3.45. The highest BCUT2D eigenvalue weighted by atomic mass is 79.9. The highest BCUT2D eigenvalue weighted by Gasteiger charge is 2.55. The van der Waals surface area contributed by atoms with E-state index >= 15 is 8.78 Å². The zero-order valence-corrected chi connectivity index (χ0v) is 28.6. The van der Waals surface area contributed by atoms with Gasteiger partial charge in [0.1, 0.15) is 5.82 Å². The smallest absolute Gasteiger partial charge is 0.432 e. The van der Waals surface area contributed by atoms with Crippen molar-refractivity contribution in [2.24, 2.45) is 0 Å². The summed E-state index contributed by atoms with van der Waals surface area (Å²) < 4.78 is 100. The molecule has 11 nitrogen and oxygen atoms in total. The van der Waals surface area contributed by atoms with Gasteiger partial charge in [-0.25, -0.2) is 22.6 Å². The van der Waals surface area contributed by atoms with Gasteiger partial charge in [0.15, 0.2) is 15.6 Å². The van der Waals surface area contributed by atoms with Crippen LogP contribution in [0.5, 0.6) is 0 Å². The molecule has 4 rings (SSSR count). The van der Waals surface area contributed by atoms with E-state index < -0.39 is 53.0 Å². The minimum Gasteiger partial charge on any atom is -0.432 e. The van der Waals surface area contributed by atoms with E-state index in [0.29, 0.717) is 16.8 Å². The summed E-state index contributed by atoms with van der Waals surface area (Å²) in [6.07, 6.45) is -1.20. The number of nitrogens with zero attached hydrogens (tertiary/aromatic N) is 2. The van der Waals surface area contributed by atoms with E-state index in [2.05, 4.69) is 30.2 Å². The summed E-state index contributed by atoms with van der Waals surface area (Å²) in [6, 6.07) is 14.8. The van der Waals surface area contributed by atoms with Gasteiger partial charge >= 0.3 is 25.4 Å². The van der Waals surface area contributed by atoms with Crippen molar-refractivity contribution in [3.8, 4) is 11.3 Å². The van der Waals surface area contributed by atoms with E-state index in [1.807, 2.05) is 0 Å². The first-order chi connectivity index (χ1) is 21.9. The fraction of sp³-hybridized carbons (Fsp3) is 0.267. The third-order valence-electron chi connectivity index (χ3n) is 6.37. The number of halogens is 4. The van der Waals surface area contributed by atoms with Crippen molar-refractivity contribution in [3.63, 3.8) is 0 Å². The van der Waals surface area contributed by atoms with E-state index in [4.69, 9.17) is 9.15 Å². The number of hydrogen-bond acceptors (Lipinski definition) is 10. The maximum Gasteiger partial charge on any atom is 0.510 e. The Morgan fingerprint density at radius 2 is 1.70 bits per heavy atom. The summed E-state index contributed by atoms with van der Waals surface area (Å²) in [6.45, 7) is 3.98. The number of alkyl halides is 2. The highest BCUT2D eigenvalue weighted by molar-refractivity contribution is 9.10. The molecule has 0 aliphatic heterocycles. The number of rotatable bonds is 12. The van der Waals surface area contributed by atoms with Gasteiger partial charge in [0, 0.05) is 27.5 Å². The Balaban J connectivity index is 1.60. The van der Waals surface area contributed by atoms with Crippen LogP contribution in [0.15, 0.2) is 86.7 Å². The first-order valence-electron chi connectivity index (χ1n) is 13.7. The summed E-state index contributed by atoms with van der Waals surface area (Å²) in [7, 11) is -9.19. The van der Waals surface area contributed by atoms with Crippen LogP contribution in [0.1, 0.15) is 31.9 Å². The number of benzene rings is 3. The molecular formula is C30H29BrF3N2O9PS. The standard InChI is InChI=1S/C30H29BrF3N2O9PS/c1-18(2)42-29(37)43-19(3)45-46(38,39)30(33,34)25-14-5-20(15-26(25)31)17-36(23-10-8-22(32)9-11-23)28-35-16-27(44-28)21-6-12-24(13-7-21)47(4,40)41/h5-16,18-19H,17H2,1-4H3,(H,38,39). The lowest BCUT2D eigenvalue weighted by molar-refractivity contribution is -0.0766. The number of ether oxygens (including phenoxy) is 2. The number of carbonyl (C=O) groups is 1. The van der Waals surface area contributed by atoms with Crippen LogP contribution >= 0.6 is 23.5 Å². The van der Waals surface area contributed by atoms with Crippen LogP contribution in [-0.4, -0.2) is 43.1 Å². The van der Waals surface area contributed by atoms with Crippen LogP contribution in [-0.2, 0) is 40.6 Å². The molecule has 2 unspecified atom stereocenters. The van der Waals surface area contributed by atoms with Crippen molar-refractivity contribution < 1.29 is 54.3 Å². The van der Waals surface area contributed by atoms with Crippen molar-refractivity contribution in [2.45, 2.75) is 50.3 Å². The third kappa shape index (κ3) is 8.82. The van der Waals surface area contributed by atoms with Gasteiger partial charge < -0.3 is 18.8 Å². The Bertz CT molecular complexity index is 1890. The van der Waals surface area contributed by atoms with E-state index in [1.54, 1.807) is 12.1 Å². The molecule has 0 radical (unpaired) electrons. The minimum atomic E-state index is -5.77. The van der Waals surface area contributed by atoms with Gasteiger partial charge in [-0.1, -0.05) is 28.1 Å². The Morgan fingerprint density at radius 3 is 2.28 bits per heavy atom. The molecule has 0 spiro atoms.